The SMILES string of the molecule is C=C(C)C[C@@H]1N(Cc2ccc(OC)cc2)C(=O)[C@H]2[C@@H](C(=O)O)[C@H]3C=C[C@]12O3. The average molecular weight is 369 g/mol. The van der Waals surface area contributed by atoms with Crippen LogP contribution in [0.3, 0.4) is 0 Å². The standard InChI is InChI=1S/C21H23NO5/c1-12(2)10-16-21-9-8-15(27-21)17(20(24)25)18(21)19(23)22(16)11-13-4-6-14(26-3)7-5-13/h4-9,15-18H,1,10-11H2,2-3H3,(H,24,25)/t15-,16+,17+,18-,21+/m1/s1. The van der Waals surface area contributed by atoms with E-state index in [2.05, 4.69) is 6.58 Å². The molecule has 142 valence electrons. The quantitative estimate of drug-likeness (QED) is 0.780. The molecule has 1 aromatic carbocycles. The summed E-state index contributed by atoms with van der Waals surface area (Å²) in [5.41, 5.74) is 1.01. The molecular formula is C21H23NO5. The fourth-order valence-electron chi connectivity index (χ4n) is 4.72. The van der Waals surface area contributed by atoms with Crippen molar-refractivity contribution in [3.05, 3.63) is 54.1 Å². The van der Waals surface area contributed by atoms with Crippen molar-refractivity contribution in [2.24, 2.45) is 11.8 Å². The number of carbonyl (C=O) groups is 2. The summed E-state index contributed by atoms with van der Waals surface area (Å²) in [5, 5.41) is 9.68. The van der Waals surface area contributed by atoms with Gasteiger partial charge in [0.1, 0.15) is 17.3 Å². The lowest BCUT2D eigenvalue weighted by Gasteiger charge is -2.33. The average Bonchev–Trinajstić information content (AvgIpc) is 3.27. The second kappa shape index (κ2) is 6.23. The van der Waals surface area contributed by atoms with Gasteiger partial charge < -0.3 is 19.5 Å². The zero-order chi connectivity index (χ0) is 19.3. The van der Waals surface area contributed by atoms with E-state index in [0.717, 1.165) is 16.9 Å². The Morgan fingerprint density at radius 3 is 2.67 bits per heavy atom. The van der Waals surface area contributed by atoms with Crippen molar-refractivity contribution in [3.63, 3.8) is 0 Å². The minimum Gasteiger partial charge on any atom is -0.497 e. The molecule has 6 nitrogen and oxygen atoms in total. The molecule has 0 aliphatic carbocycles. The van der Waals surface area contributed by atoms with Crippen LogP contribution in [0.5, 0.6) is 5.75 Å². The number of methoxy groups -OCH3 is 1. The van der Waals surface area contributed by atoms with Gasteiger partial charge in [0.05, 0.1) is 25.2 Å². The first kappa shape index (κ1) is 17.8. The van der Waals surface area contributed by atoms with Crippen molar-refractivity contribution in [2.45, 2.75) is 37.6 Å². The Kier molecular flexibility index (Phi) is 4.11. The van der Waals surface area contributed by atoms with E-state index < -0.39 is 29.5 Å². The van der Waals surface area contributed by atoms with E-state index in [1.54, 1.807) is 18.1 Å². The van der Waals surface area contributed by atoms with Crippen LogP contribution in [0.4, 0.5) is 0 Å². The van der Waals surface area contributed by atoms with Crippen molar-refractivity contribution in [1.29, 1.82) is 0 Å². The Hall–Kier alpha value is -2.60. The number of carbonyl (C=O) groups excluding carboxylic acids is 1. The Morgan fingerprint density at radius 1 is 1.37 bits per heavy atom. The third kappa shape index (κ3) is 2.58. The predicted octanol–water partition coefficient (Wildman–Crippen LogP) is 2.40. The van der Waals surface area contributed by atoms with E-state index in [-0.39, 0.29) is 11.9 Å². The van der Waals surface area contributed by atoms with Crippen molar-refractivity contribution < 1.29 is 24.2 Å². The van der Waals surface area contributed by atoms with Crippen molar-refractivity contribution in [2.75, 3.05) is 7.11 Å². The molecule has 1 spiro atoms. The topological polar surface area (TPSA) is 76.1 Å². The van der Waals surface area contributed by atoms with Gasteiger partial charge in [0, 0.05) is 6.54 Å². The Morgan fingerprint density at radius 2 is 2.07 bits per heavy atom. The molecule has 27 heavy (non-hydrogen) atoms. The minimum absolute atomic E-state index is 0.156. The molecule has 4 rings (SSSR count). The molecule has 1 amide bonds. The first-order valence-corrected chi connectivity index (χ1v) is 9.05. The predicted molar refractivity (Wildman–Crippen MR) is 98.1 cm³/mol. The fraction of sp³-hybridized carbons (Fsp3) is 0.429. The molecule has 3 aliphatic heterocycles. The maximum atomic E-state index is 13.3. The summed E-state index contributed by atoms with van der Waals surface area (Å²) in [6.07, 6.45) is 3.74. The highest BCUT2D eigenvalue weighted by Gasteiger charge is 2.70. The molecule has 1 aromatic rings. The van der Waals surface area contributed by atoms with Crippen LogP contribution in [0.2, 0.25) is 0 Å². The van der Waals surface area contributed by atoms with E-state index in [1.165, 1.54) is 0 Å². The van der Waals surface area contributed by atoms with Crippen LogP contribution in [0.1, 0.15) is 18.9 Å². The molecule has 2 fully saturated rings. The van der Waals surface area contributed by atoms with Gasteiger partial charge in [-0.15, -0.1) is 6.58 Å². The molecule has 1 N–H and O–H groups in total. The second-order valence-electron chi connectivity index (χ2n) is 7.63. The van der Waals surface area contributed by atoms with Crippen LogP contribution in [-0.2, 0) is 20.9 Å². The van der Waals surface area contributed by atoms with Crippen molar-refractivity contribution >= 4 is 11.9 Å². The number of nitrogens with zero attached hydrogens (tertiary/aromatic N) is 1. The zero-order valence-electron chi connectivity index (χ0n) is 15.4. The summed E-state index contributed by atoms with van der Waals surface area (Å²) in [6, 6.07) is 7.27. The Balaban J connectivity index is 1.70. The molecule has 0 saturated carbocycles. The number of carboxylic acids is 1. The number of hydrogen-bond acceptors (Lipinski definition) is 4. The van der Waals surface area contributed by atoms with E-state index in [1.807, 2.05) is 37.3 Å². The third-order valence-corrected chi connectivity index (χ3v) is 5.87. The number of fused-ring (bicyclic) bond motifs is 1. The maximum Gasteiger partial charge on any atom is 0.310 e. The third-order valence-electron chi connectivity index (χ3n) is 5.87. The lowest BCUT2D eigenvalue weighted by Crippen LogP contribution is -2.45. The summed E-state index contributed by atoms with van der Waals surface area (Å²) in [6.45, 7) is 6.32. The maximum absolute atomic E-state index is 13.3. The number of ether oxygens (including phenoxy) is 2. The normalized spacial score (nSPS) is 33.4. The molecule has 2 bridgehead atoms. The Bertz CT molecular complexity index is 829. The summed E-state index contributed by atoms with van der Waals surface area (Å²) in [7, 11) is 1.61. The van der Waals surface area contributed by atoms with Gasteiger partial charge in [0.2, 0.25) is 5.91 Å². The molecule has 6 heteroatoms. The number of carboxylic acid groups (broad SMARTS) is 1. The number of likely N-dealkylation sites (tertiary alicyclic amines) is 1. The summed E-state index contributed by atoms with van der Waals surface area (Å²) < 4.78 is 11.3. The lowest BCUT2D eigenvalue weighted by molar-refractivity contribution is -0.148. The van der Waals surface area contributed by atoms with Crippen LogP contribution in [0.15, 0.2) is 48.6 Å². The van der Waals surface area contributed by atoms with Crippen LogP contribution >= 0.6 is 0 Å². The number of benzene rings is 1. The van der Waals surface area contributed by atoms with E-state index >= 15 is 0 Å². The van der Waals surface area contributed by atoms with Gasteiger partial charge in [-0.05, 0) is 31.0 Å². The lowest BCUT2D eigenvalue weighted by atomic mass is 9.74. The molecule has 3 heterocycles. The molecule has 0 radical (unpaired) electrons. The van der Waals surface area contributed by atoms with Gasteiger partial charge in [0.15, 0.2) is 0 Å². The van der Waals surface area contributed by atoms with Gasteiger partial charge >= 0.3 is 5.97 Å². The second-order valence-corrected chi connectivity index (χ2v) is 7.63. The van der Waals surface area contributed by atoms with Crippen molar-refractivity contribution in [3.8, 4) is 5.75 Å². The van der Waals surface area contributed by atoms with Crippen LogP contribution in [-0.4, -0.2) is 46.7 Å². The minimum atomic E-state index is -0.982. The van der Waals surface area contributed by atoms with Crippen LogP contribution < -0.4 is 4.74 Å². The van der Waals surface area contributed by atoms with Gasteiger partial charge in [-0.3, -0.25) is 9.59 Å². The van der Waals surface area contributed by atoms with Crippen LogP contribution in [0.25, 0.3) is 0 Å². The zero-order valence-corrected chi connectivity index (χ0v) is 15.4. The van der Waals surface area contributed by atoms with Gasteiger partial charge in [-0.2, -0.15) is 0 Å². The Labute approximate surface area is 158 Å². The number of rotatable bonds is 6. The van der Waals surface area contributed by atoms with Gasteiger partial charge in [-0.1, -0.05) is 29.9 Å². The number of aliphatic carboxylic acids is 1. The monoisotopic (exact) mass is 369 g/mol. The van der Waals surface area contributed by atoms with Crippen LogP contribution in [0, 0.1) is 11.8 Å². The largest absolute Gasteiger partial charge is 0.497 e. The van der Waals surface area contributed by atoms with E-state index in [4.69, 9.17) is 9.47 Å². The van der Waals surface area contributed by atoms with E-state index in [0.29, 0.717) is 13.0 Å². The molecular weight excluding hydrogens is 346 g/mol. The van der Waals surface area contributed by atoms with Gasteiger partial charge in [0.25, 0.3) is 0 Å². The highest BCUT2D eigenvalue weighted by atomic mass is 16.5. The molecule has 5 atom stereocenters. The number of hydrogen-bond donors (Lipinski definition) is 1. The highest BCUT2D eigenvalue weighted by Crippen LogP contribution is 2.56. The van der Waals surface area contributed by atoms with Crippen molar-refractivity contribution in [1.82, 2.24) is 4.90 Å². The smallest absolute Gasteiger partial charge is 0.310 e. The van der Waals surface area contributed by atoms with Gasteiger partial charge in [-0.25, -0.2) is 0 Å². The first-order chi connectivity index (χ1) is 12.9. The molecule has 3 aliphatic rings. The molecule has 2 saturated heterocycles. The molecule has 0 unspecified atom stereocenters. The summed E-state index contributed by atoms with van der Waals surface area (Å²) in [5.74, 6) is -1.92. The van der Waals surface area contributed by atoms with E-state index in [9.17, 15) is 14.7 Å². The fourth-order valence-corrected chi connectivity index (χ4v) is 4.72. The highest BCUT2D eigenvalue weighted by molar-refractivity contribution is 5.91. The molecule has 0 aromatic heterocycles. The number of amides is 1. The summed E-state index contributed by atoms with van der Waals surface area (Å²) in [4.78, 5) is 26.9. The first-order valence-electron chi connectivity index (χ1n) is 9.05. The summed E-state index contributed by atoms with van der Waals surface area (Å²) >= 11 is 0.